The lowest BCUT2D eigenvalue weighted by atomic mass is 9.82. The summed E-state index contributed by atoms with van der Waals surface area (Å²) in [4.78, 5) is 12.6. The van der Waals surface area contributed by atoms with Crippen molar-refractivity contribution in [2.45, 2.75) is 24.7 Å². The fourth-order valence-corrected chi connectivity index (χ4v) is 3.32. The highest BCUT2D eigenvalue weighted by Crippen LogP contribution is 2.29. The number of rotatable bonds is 4. The molecule has 1 aromatic rings. The fraction of sp³-hybridized carbons (Fsp3) is 0.500. The predicted octanol–water partition coefficient (Wildman–Crippen LogP) is 0.923. The minimum atomic E-state index is -3.61. The van der Waals surface area contributed by atoms with Crippen LogP contribution in [0.25, 0.3) is 0 Å². The third-order valence-corrected chi connectivity index (χ3v) is 5.31. The van der Waals surface area contributed by atoms with Crippen molar-refractivity contribution in [2.75, 3.05) is 25.5 Å². The highest BCUT2D eigenvalue weighted by atomic mass is 32.2. The van der Waals surface area contributed by atoms with Gasteiger partial charge in [0.15, 0.2) is 0 Å². The molecule has 0 radical (unpaired) electrons. The summed E-state index contributed by atoms with van der Waals surface area (Å²) in [6.07, 6.45) is 1.72. The lowest BCUT2D eigenvalue weighted by Crippen LogP contribution is -2.46. The van der Waals surface area contributed by atoms with Crippen molar-refractivity contribution >= 4 is 21.6 Å². The molecule has 1 atom stereocenters. The first-order valence-corrected chi connectivity index (χ1v) is 8.42. The van der Waals surface area contributed by atoms with Crippen LogP contribution in [-0.4, -0.2) is 34.5 Å². The molecule has 1 aliphatic rings. The van der Waals surface area contributed by atoms with E-state index in [-0.39, 0.29) is 10.8 Å². The Labute approximate surface area is 125 Å². The number of benzene rings is 1. The van der Waals surface area contributed by atoms with Crippen molar-refractivity contribution in [3.8, 4) is 0 Å². The van der Waals surface area contributed by atoms with Gasteiger partial charge in [-0.05, 0) is 45.5 Å². The summed E-state index contributed by atoms with van der Waals surface area (Å²) in [7, 11) is -2.26. The number of hydrogen-bond donors (Lipinski definition) is 3. The van der Waals surface area contributed by atoms with Crippen molar-refractivity contribution in [3.05, 3.63) is 24.3 Å². The molecule has 0 aromatic heterocycles. The van der Waals surface area contributed by atoms with Crippen LogP contribution in [0, 0.1) is 5.41 Å². The van der Waals surface area contributed by atoms with E-state index in [1.165, 1.54) is 13.1 Å². The molecule has 6 nitrogen and oxygen atoms in total. The molecule has 0 saturated carbocycles. The molecule has 0 spiro atoms. The van der Waals surface area contributed by atoms with Gasteiger partial charge in [0.1, 0.15) is 4.90 Å². The SMILES string of the molecule is CNS(=O)(=O)c1ccccc1NC(=O)C1(C)CCCNC1. The van der Waals surface area contributed by atoms with E-state index in [1.54, 1.807) is 18.2 Å². The van der Waals surface area contributed by atoms with E-state index in [1.807, 2.05) is 6.92 Å². The molecule has 1 aromatic carbocycles. The van der Waals surface area contributed by atoms with Gasteiger partial charge in [0, 0.05) is 6.54 Å². The van der Waals surface area contributed by atoms with Gasteiger partial charge < -0.3 is 10.6 Å². The Balaban J connectivity index is 2.26. The van der Waals surface area contributed by atoms with Crippen LogP contribution >= 0.6 is 0 Å². The van der Waals surface area contributed by atoms with Crippen LogP contribution in [0.2, 0.25) is 0 Å². The number of amides is 1. The smallest absolute Gasteiger partial charge is 0.242 e. The average molecular weight is 311 g/mol. The van der Waals surface area contributed by atoms with Gasteiger partial charge in [-0.3, -0.25) is 4.79 Å². The molecular formula is C14H21N3O3S. The van der Waals surface area contributed by atoms with Crippen LogP contribution in [0.1, 0.15) is 19.8 Å². The molecule has 1 fully saturated rings. The summed E-state index contributed by atoms with van der Waals surface area (Å²) in [5.41, 5.74) is -0.210. The molecule has 7 heteroatoms. The molecule has 21 heavy (non-hydrogen) atoms. The Morgan fingerprint density at radius 2 is 2.05 bits per heavy atom. The summed E-state index contributed by atoms with van der Waals surface area (Å²) in [6, 6.07) is 6.40. The standard InChI is InChI=1S/C14H21N3O3S/c1-14(8-5-9-16-10-14)13(18)17-11-6-3-4-7-12(11)21(19,20)15-2/h3-4,6-7,15-16H,5,8-10H2,1-2H3,(H,17,18). The Hall–Kier alpha value is -1.44. The fourth-order valence-electron chi connectivity index (χ4n) is 2.44. The third kappa shape index (κ3) is 3.42. The zero-order valence-corrected chi connectivity index (χ0v) is 13.1. The van der Waals surface area contributed by atoms with Gasteiger partial charge in [-0.2, -0.15) is 0 Å². The van der Waals surface area contributed by atoms with E-state index in [4.69, 9.17) is 0 Å². The molecule has 0 bridgehead atoms. The molecule has 2 rings (SSSR count). The van der Waals surface area contributed by atoms with E-state index in [9.17, 15) is 13.2 Å². The van der Waals surface area contributed by atoms with Crippen molar-refractivity contribution in [1.82, 2.24) is 10.0 Å². The monoisotopic (exact) mass is 311 g/mol. The molecule has 1 heterocycles. The third-order valence-electron chi connectivity index (χ3n) is 3.84. The molecular weight excluding hydrogens is 290 g/mol. The summed E-state index contributed by atoms with van der Waals surface area (Å²) in [6.45, 7) is 3.40. The van der Waals surface area contributed by atoms with Crippen LogP contribution in [0.4, 0.5) is 5.69 Å². The Kier molecular flexibility index (Phi) is 4.65. The first-order valence-electron chi connectivity index (χ1n) is 6.94. The minimum Gasteiger partial charge on any atom is -0.324 e. The van der Waals surface area contributed by atoms with Gasteiger partial charge in [0.05, 0.1) is 11.1 Å². The summed E-state index contributed by atoms with van der Waals surface area (Å²) in [5, 5.41) is 5.97. The number of nitrogens with one attached hydrogen (secondary N) is 3. The zero-order chi connectivity index (χ0) is 15.5. The highest BCUT2D eigenvalue weighted by molar-refractivity contribution is 7.89. The summed E-state index contributed by atoms with van der Waals surface area (Å²) in [5.74, 6) is -0.159. The van der Waals surface area contributed by atoms with E-state index >= 15 is 0 Å². The van der Waals surface area contributed by atoms with Crippen LogP contribution < -0.4 is 15.4 Å². The predicted molar refractivity (Wildman–Crippen MR) is 81.5 cm³/mol. The molecule has 1 saturated heterocycles. The van der Waals surface area contributed by atoms with Gasteiger partial charge in [0.25, 0.3) is 0 Å². The zero-order valence-electron chi connectivity index (χ0n) is 12.3. The van der Waals surface area contributed by atoms with Crippen molar-refractivity contribution < 1.29 is 13.2 Å². The molecule has 1 unspecified atom stereocenters. The van der Waals surface area contributed by atoms with Gasteiger partial charge in [-0.1, -0.05) is 12.1 Å². The van der Waals surface area contributed by atoms with Crippen LogP contribution in [-0.2, 0) is 14.8 Å². The molecule has 1 aliphatic heterocycles. The van der Waals surface area contributed by atoms with E-state index in [0.717, 1.165) is 19.4 Å². The Bertz CT molecular complexity index is 622. The number of piperidine rings is 1. The van der Waals surface area contributed by atoms with Gasteiger partial charge >= 0.3 is 0 Å². The number of sulfonamides is 1. The first-order chi connectivity index (χ1) is 9.89. The topological polar surface area (TPSA) is 87.3 Å². The molecule has 0 aliphatic carbocycles. The first kappa shape index (κ1) is 15.9. The maximum absolute atomic E-state index is 12.5. The number of carbonyl (C=O) groups excluding carboxylic acids is 1. The van der Waals surface area contributed by atoms with E-state index in [2.05, 4.69) is 15.4 Å². The Morgan fingerprint density at radius 1 is 1.33 bits per heavy atom. The van der Waals surface area contributed by atoms with Gasteiger partial charge in [-0.15, -0.1) is 0 Å². The lowest BCUT2D eigenvalue weighted by molar-refractivity contribution is -0.125. The molecule has 116 valence electrons. The summed E-state index contributed by atoms with van der Waals surface area (Å²) >= 11 is 0. The van der Waals surface area contributed by atoms with Crippen LogP contribution in [0.5, 0.6) is 0 Å². The number of carbonyl (C=O) groups is 1. The maximum Gasteiger partial charge on any atom is 0.242 e. The van der Waals surface area contributed by atoms with E-state index < -0.39 is 15.4 Å². The van der Waals surface area contributed by atoms with Crippen molar-refractivity contribution in [1.29, 1.82) is 0 Å². The number of para-hydroxylation sites is 1. The quantitative estimate of drug-likeness (QED) is 0.772. The summed E-state index contributed by atoms with van der Waals surface area (Å²) < 4.78 is 26.2. The van der Waals surface area contributed by atoms with E-state index in [0.29, 0.717) is 12.2 Å². The highest BCUT2D eigenvalue weighted by Gasteiger charge is 2.35. The second kappa shape index (κ2) is 6.13. The second-order valence-corrected chi connectivity index (χ2v) is 7.35. The lowest BCUT2D eigenvalue weighted by Gasteiger charge is -2.32. The maximum atomic E-state index is 12.5. The Morgan fingerprint density at radius 3 is 2.67 bits per heavy atom. The van der Waals surface area contributed by atoms with Crippen LogP contribution in [0.15, 0.2) is 29.2 Å². The largest absolute Gasteiger partial charge is 0.324 e. The van der Waals surface area contributed by atoms with Gasteiger partial charge in [-0.25, -0.2) is 13.1 Å². The van der Waals surface area contributed by atoms with Crippen molar-refractivity contribution in [2.24, 2.45) is 5.41 Å². The van der Waals surface area contributed by atoms with Crippen LogP contribution in [0.3, 0.4) is 0 Å². The minimum absolute atomic E-state index is 0.0771. The van der Waals surface area contributed by atoms with Crippen molar-refractivity contribution in [3.63, 3.8) is 0 Å². The number of anilines is 1. The normalized spacial score (nSPS) is 22.8. The average Bonchev–Trinajstić information content (AvgIpc) is 2.48. The van der Waals surface area contributed by atoms with Gasteiger partial charge in [0.2, 0.25) is 15.9 Å². The number of hydrogen-bond acceptors (Lipinski definition) is 4. The molecule has 3 N–H and O–H groups in total. The molecule has 1 amide bonds. The second-order valence-electron chi connectivity index (χ2n) is 5.50.